The Morgan fingerprint density at radius 2 is 2.57 bits per heavy atom. The van der Waals surface area contributed by atoms with Crippen molar-refractivity contribution in [1.82, 2.24) is 14.8 Å². The average molecular weight is 216 g/mol. The molecular formula is C7H12N4O2S. The summed E-state index contributed by atoms with van der Waals surface area (Å²) < 4.78 is 1.65. The molecule has 0 spiro atoms. The summed E-state index contributed by atoms with van der Waals surface area (Å²) in [5, 5.41) is 12.4. The predicted molar refractivity (Wildman–Crippen MR) is 52.8 cm³/mol. The lowest BCUT2D eigenvalue weighted by molar-refractivity contribution is -0.137. The Bertz CT molecular complexity index is 314. The van der Waals surface area contributed by atoms with Gasteiger partial charge in [0.25, 0.3) is 0 Å². The Kier molecular flexibility index (Phi) is 3.90. The van der Waals surface area contributed by atoms with Gasteiger partial charge in [0.15, 0.2) is 0 Å². The molecule has 0 saturated carbocycles. The number of carbonyl (C=O) groups is 1. The highest BCUT2D eigenvalue weighted by Gasteiger charge is 2.11. The van der Waals surface area contributed by atoms with Crippen molar-refractivity contribution in [3.63, 3.8) is 0 Å². The van der Waals surface area contributed by atoms with Crippen LogP contribution in [0.4, 0.5) is 0 Å². The van der Waals surface area contributed by atoms with E-state index in [1.54, 1.807) is 11.7 Å². The molecule has 6 nitrogen and oxygen atoms in total. The maximum Gasteiger partial charge on any atom is 0.321 e. The highest BCUT2D eigenvalue weighted by atomic mass is 32.2. The number of thioether (sulfide) groups is 1. The summed E-state index contributed by atoms with van der Waals surface area (Å²) in [5.74, 6) is 0.836. The van der Waals surface area contributed by atoms with Crippen molar-refractivity contribution in [2.24, 2.45) is 12.8 Å². The Balaban J connectivity index is 2.29. The fourth-order valence-electron chi connectivity index (χ4n) is 0.799. The van der Waals surface area contributed by atoms with Crippen LogP contribution in [-0.2, 0) is 17.6 Å². The zero-order valence-electron chi connectivity index (χ0n) is 7.75. The molecule has 78 valence electrons. The summed E-state index contributed by atoms with van der Waals surface area (Å²) >= 11 is 1.43. The predicted octanol–water partition coefficient (Wildman–Crippen LogP) is -0.540. The van der Waals surface area contributed by atoms with Crippen LogP contribution >= 0.6 is 11.8 Å². The molecule has 7 heteroatoms. The monoisotopic (exact) mass is 216 g/mol. The Morgan fingerprint density at radius 1 is 1.86 bits per heavy atom. The van der Waals surface area contributed by atoms with Crippen LogP contribution in [-0.4, -0.2) is 37.6 Å². The van der Waals surface area contributed by atoms with E-state index < -0.39 is 12.0 Å². The highest BCUT2D eigenvalue weighted by Crippen LogP contribution is 2.09. The van der Waals surface area contributed by atoms with E-state index in [2.05, 4.69) is 10.1 Å². The minimum absolute atomic E-state index is 0.377. The third kappa shape index (κ3) is 3.00. The van der Waals surface area contributed by atoms with E-state index in [1.165, 1.54) is 18.1 Å². The molecule has 14 heavy (non-hydrogen) atoms. The Hall–Kier alpha value is -1.08. The Morgan fingerprint density at radius 3 is 3.07 bits per heavy atom. The second-order valence-corrected chi connectivity index (χ2v) is 3.79. The van der Waals surface area contributed by atoms with Crippen molar-refractivity contribution >= 4 is 17.7 Å². The lowest BCUT2D eigenvalue weighted by Crippen LogP contribution is -2.32. The zero-order valence-corrected chi connectivity index (χ0v) is 8.57. The van der Waals surface area contributed by atoms with Gasteiger partial charge in [-0.15, -0.1) is 0 Å². The van der Waals surface area contributed by atoms with E-state index in [0.29, 0.717) is 11.5 Å². The van der Waals surface area contributed by atoms with E-state index in [9.17, 15) is 4.79 Å². The molecule has 0 unspecified atom stereocenters. The quantitative estimate of drug-likeness (QED) is 0.686. The van der Waals surface area contributed by atoms with E-state index >= 15 is 0 Å². The molecule has 1 rings (SSSR count). The number of hydrogen-bond acceptors (Lipinski definition) is 5. The molecule has 0 aliphatic heterocycles. The van der Waals surface area contributed by atoms with E-state index in [-0.39, 0.29) is 0 Å². The number of carboxylic acids is 1. The van der Waals surface area contributed by atoms with Crippen LogP contribution in [0.2, 0.25) is 0 Å². The van der Waals surface area contributed by atoms with Gasteiger partial charge < -0.3 is 10.8 Å². The molecule has 1 aromatic heterocycles. The van der Waals surface area contributed by atoms with Gasteiger partial charge in [-0.2, -0.15) is 16.9 Å². The summed E-state index contributed by atoms with van der Waals surface area (Å²) in [5.41, 5.74) is 5.33. The van der Waals surface area contributed by atoms with Crippen molar-refractivity contribution in [1.29, 1.82) is 0 Å². The zero-order chi connectivity index (χ0) is 10.6. The van der Waals surface area contributed by atoms with Crippen LogP contribution in [0.1, 0.15) is 5.82 Å². The number of nitrogens with zero attached hydrogens (tertiary/aromatic N) is 3. The van der Waals surface area contributed by atoms with Gasteiger partial charge in [0.05, 0.1) is 5.75 Å². The summed E-state index contributed by atoms with van der Waals surface area (Å²) in [7, 11) is 1.79. The van der Waals surface area contributed by atoms with Crippen molar-refractivity contribution in [3.8, 4) is 0 Å². The first-order valence-electron chi connectivity index (χ1n) is 4.00. The molecule has 0 radical (unpaired) electrons. The van der Waals surface area contributed by atoms with Crippen LogP contribution in [0.15, 0.2) is 6.33 Å². The molecule has 0 aromatic carbocycles. The number of aromatic nitrogens is 3. The SMILES string of the molecule is Cn1ncnc1CSC[C@@H](N)C(=O)O. The third-order valence-electron chi connectivity index (χ3n) is 1.65. The molecule has 0 aliphatic carbocycles. The van der Waals surface area contributed by atoms with Gasteiger partial charge in [-0.05, 0) is 0 Å². The van der Waals surface area contributed by atoms with E-state index in [0.717, 1.165) is 5.82 Å². The topological polar surface area (TPSA) is 94.0 Å². The van der Waals surface area contributed by atoms with Crippen molar-refractivity contribution in [2.45, 2.75) is 11.8 Å². The number of hydrogen-bond donors (Lipinski definition) is 2. The first-order chi connectivity index (χ1) is 6.61. The summed E-state index contributed by atoms with van der Waals surface area (Å²) in [6, 6.07) is -0.812. The largest absolute Gasteiger partial charge is 0.480 e. The molecule has 0 amide bonds. The van der Waals surface area contributed by atoms with Crippen LogP contribution in [0, 0.1) is 0 Å². The van der Waals surface area contributed by atoms with Gasteiger partial charge in [-0.3, -0.25) is 9.48 Å². The normalized spacial score (nSPS) is 12.7. The standard InChI is InChI=1S/C7H12N4O2S/c1-11-6(9-4-10-11)3-14-2-5(8)7(12)13/h4-5H,2-3,8H2,1H3,(H,12,13)/t5-/m1/s1. The minimum Gasteiger partial charge on any atom is -0.480 e. The first-order valence-corrected chi connectivity index (χ1v) is 5.15. The van der Waals surface area contributed by atoms with Crippen molar-refractivity contribution < 1.29 is 9.90 Å². The van der Waals surface area contributed by atoms with Crippen LogP contribution < -0.4 is 5.73 Å². The molecule has 3 N–H and O–H groups in total. The molecule has 0 fully saturated rings. The fraction of sp³-hybridized carbons (Fsp3) is 0.571. The average Bonchev–Trinajstić information content (AvgIpc) is 2.51. The van der Waals surface area contributed by atoms with E-state index in [1.807, 2.05) is 0 Å². The van der Waals surface area contributed by atoms with E-state index in [4.69, 9.17) is 10.8 Å². The lowest BCUT2D eigenvalue weighted by atomic mass is 10.4. The van der Waals surface area contributed by atoms with Gasteiger partial charge in [-0.25, -0.2) is 4.98 Å². The molecule has 1 atom stereocenters. The second kappa shape index (κ2) is 4.97. The van der Waals surface area contributed by atoms with Gasteiger partial charge in [-0.1, -0.05) is 0 Å². The molecular weight excluding hydrogens is 204 g/mol. The number of aryl methyl sites for hydroxylation is 1. The molecule has 1 heterocycles. The summed E-state index contributed by atoms with van der Waals surface area (Å²) in [4.78, 5) is 14.4. The Labute approximate surface area is 85.5 Å². The molecule has 0 bridgehead atoms. The van der Waals surface area contributed by atoms with Crippen LogP contribution in [0.3, 0.4) is 0 Å². The van der Waals surface area contributed by atoms with Gasteiger partial charge in [0.1, 0.15) is 18.2 Å². The number of nitrogens with two attached hydrogens (primary N) is 1. The second-order valence-electron chi connectivity index (χ2n) is 2.76. The summed E-state index contributed by atoms with van der Waals surface area (Å²) in [6.07, 6.45) is 1.47. The van der Waals surface area contributed by atoms with Crippen LogP contribution in [0.5, 0.6) is 0 Å². The maximum absolute atomic E-state index is 10.4. The number of aliphatic carboxylic acids is 1. The first kappa shape index (κ1) is 11.0. The fourth-order valence-corrected chi connectivity index (χ4v) is 1.76. The number of rotatable bonds is 5. The smallest absolute Gasteiger partial charge is 0.321 e. The van der Waals surface area contributed by atoms with Crippen molar-refractivity contribution in [3.05, 3.63) is 12.2 Å². The van der Waals surface area contributed by atoms with Crippen molar-refractivity contribution in [2.75, 3.05) is 5.75 Å². The lowest BCUT2D eigenvalue weighted by Gasteiger charge is -2.04. The third-order valence-corrected chi connectivity index (χ3v) is 2.71. The minimum atomic E-state index is -0.976. The van der Waals surface area contributed by atoms with Crippen LogP contribution in [0.25, 0.3) is 0 Å². The number of carboxylic acid groups (broad SMARTS) is 1. The van der Waals surface area contributed by atoms with Gasteiger partial charge in [0.2, 0.25) is 0 Å². The molecule has 0 aliphatic rings. The maximum atomic E-state index is 10.4. The van der Waals surface area contributed by atoms with Gasteiger partial charge >= 0.3 is 5.97 Å². The highest BCUT2D eigenvalue weighted by molar-refractivity contribution is 7.98. The summed E-state index contributed by atoms with van der Waals surface area (Å²) in [6.45, 7) is 0. The molecule has 0 saturated heterocycles. The van der Waals surface area contributed by atoms with Gasteiger partial charge in [0, 0.05) is 12.8 Å². The molecule has 1 aromatic rings.